The smallest absolute Gasteiger partial charge is 0.229 e. The number of para-hydroxylation sites is 2. The van der Waals surface area contributed by atoms with Crippen LogP contribution in [0.5, 0.6) is 5.75 Å². The van der Waals surface area contributed by atoms with E-state index in [1.807, 2.05) is 62.4 Å². The highest BCUT2D eigenvalue weighted by Gasteiger charge is 2.36. The maximum absolute atomic E-state index is 12.5. The number of hydrogen-bond donors (Lipinski definition) is 1. The number of carbonyl (C=O) groups is 2. The second kappa shape index (κ2) is 7.38. The number of anilines is 2. The Kier molecular flexibility index (Phi) is 5.03. The lowest BCUT2D eigenvalue weighted by Gasteiger charge is -2.20. The van der Waals surface area contributed by atoms with Crippen molar-refractivity contribution in [3.8, 4) is 5.75 Å². The molecule has 3 rings (SSSR count). The first kappa shape index (κ1) is 17.0. The van der Waals surface area contributed by atoms with Gasteiger partial charge in [-0.15, -0.1) is 0 Å². The van der Waals surface area contributed by atoms with E-state index in [4.69, 9.17) is 4.74 Å². The minimum Gasteiger partial charge on any atom is -0.492 e. The Bertz CT molecular complexity index is 771. The number of amides is 2. The zero-order chi connectivity index (χ0) is 17.8. The average Bonchev–Trinajstić information content (AvgIpc) is 2.99. The molecule has 1 fully saturated rings. The third-order valence-electron chi connectivity index (χ3n) is 4.27. The van der Waals surface area contributed by atoms with Gasteiger partial charge in [-0.2, -0.15) is 0 Å². The summed E-state index contributed by atoms with van der Waals surface area (Å²) in [5.74, 6) is 0.103. The van der Waals surface area contributed by atoms with Crippen molar-refractivity contribution in [1.82, 2.24) is 0 Å². The van der Waals surface area contributed by atoms with Crippen LogP contribution in [0, 0.1) is 12.8 Å². The molecule has 5 heteroatoms. The van der Waals surface area contributed by atoms with Crippen LogP contribution >= 0.6 is 0 Å². The van der Waals surface area contributed by atoms with Crippen LogP contribution in [0.4, 0.5) is 11.4 Å². The zero-order valence-corrected chi connectivity index (χ0v) is 14.5. The molecule has 2 amide bonds. The van der Waals surface area contributed by atoms with Gasteiger partial charge in [0.25, 0.3) is 0 Å². The molecule has 2 aromatic rings. The van der Waals surface area contributed by atoms with Gasteiger partial charge in [-0.25, -0.2) is 0 Å². The lowest BCUT2D eigenvalue weighted by Crippen LogP contribution is -2.28. The SMILES string of the molecule is CCOc1ccccc1N1CC(C(=O)Nc2ccc(C)cc2)CC1=O. The van der Waals surface area contributed by atoms with Gasteiger partial charge in [0.15, 0.2) is 0 Å². The van der Waals surface area contributed by atoms with Gasteiger partial charge in [0.1, 0.15) is 5.75 Å². The van der Waals surface area contributed by atoms with Crippen LogP contribution in [0.1, 0.15) is 18.9 Å². The molecule has 1 N–H and O–H groups in total. The minimum absolute atomic E-state index is 0.0591. The minimum atomic E-state index is -0.372. The second-order valence-corrected chi connectivity index (χ2v) is 6.16. The number of nitrogens with one attached hydrogen (secondary N) is 1. The van der Waals surface area contributed by atoms with Crippen molar-refractivity contribution in [1.29, 1.82) is 0 Å². The summed E-state index contributed by atoms with van der Waals surface area (Å²) in [5.41, 5.74) is 2.60. The highest BCUT2D eigenvalue weighted by atomic mass is 16.5. The third-order valence-corrected chi connectivity index (χ3v) is 4.27. The number of benzene rings is 2. The van der Waals surface area contributed by atoms with E-state index in [1.165, 1.54) is 0 Å². The molecule has 130 valence electrons. The van der Waals surface area contributed by atoms with Crippen LogP contribution in [0.25, 0.3) is 0 Å². The number of aryl methyl sites for hydroxylation is 1. The van der Waals surface area contributed by atoms with Gasteiger partial charge >= 0.3 is 0 Å². The summed E-state index contributed by atoms with van der Waals surface area (Å²) in [7, 11) is 0. The summed E-state index contributed by atoms with van der Waals surface area (Å²) >= 11 is 0. The molecule has 5 nitrogen and oxygen atoms in total. The van der Waals surface area contributed by atoms with Crippen LogP contribution in [0.2, 0.25) is 0 Å². The molecule has 1 heterocycles. The average molecular weight is 338 g/mol. The Morgan fingerprint density at radius 3 is 2.64 bits per heavy atom. The van der Waals surface area contributed by atoms with E-state index in [1.54, 1.807) is 4.90 Å². The number of nitrogens with zero attached hydrogens (tertiary/aromatic N) is 1. The highest BCUT2D eigenvalue weighted by Crippen LogP contribution is 2.33. The maximum Gasteiger partial charge on any atom is 0.229 e. The molecule has 1 unspecified atom stereocenters. The van der Waals surface area contributed by atoms with E-state index in [9.17, 15) is 9.59 Å². The van der Waals surface area contributed by atoms with Crippen molar-refractivity contribution >= 4 is 23.2 Å². The summed E-state index contributed by atoms with van der Waals surface area (Å²) in [6.07, 6.45) is 0.207. The Hall–Kier alpha value is -2.82. The fraction of sp³-hybridized carbons (Fsp3) is 0.300. The topological polar surface area (TPSA) is 58.6 Å². The quantitative estimate of drug-likeness (QED) is 0.909. The number of carbonyl (C=O) groups excluding carboxylic acids is 2. The normalized spacial score (nSPS) is 16.8. The van der Waals surface area contributed by atoms with Gasteiger partial charge in [-0.05, 0) is 38.1 Å². The Labute approximate surface area is 147 Å². The molecule has 0 saturated carbocycles. The first-order valence-electron chi connectivity index (χ1n) is 8.48. The molecule has 2 aromatic carbocycles. The lowest BCUT2D eigenvalue weighted by molar-refractivity contribution is -0.122. The predicted octanol–water partition coefficient (Wildman–Crippen LogP) is 3.39. The first-order chi connectivity index (χ1) is 12.1. The van der Waals surface area contributed by atoms with Crippen molar-refractivity contribution < 1.29 is 14.3 Å². The first-order valence-corrected chi connectivity index (χ1v) is 8.48. The van der Waals surface area contributed by atoms with Crippen LogP contribution in [0.3, 0.4) is 0 Å². The lowest BCUT2D eigenvalue weighted by atomic mass is 10.1. The van der Waals surface area contributed by atoms with Gasteiger partial charge in [-0.3, -0.25) is 9.59 Å². The second-order valence-electron chi connectivity index (χ2n) is 6.16. The highest BCUT2D eigenvalue weighted by molar-refractivity contribution is 6.04. The Balaban J connectivity index is 1.72. The van der Waals surface area contributed by atoms with Gasteiger partial charge in [0, 0.05) is 18.7 Å². The summed E-state index contributed by atoms with van der Waals surface area (Å²) in [5, 5.41) is 2.89. The standard InChI is InChI=1S/C20H22N2O3/c1-3-25-18-7-5-4-6-17(18)22-13-15(12-19(22)23)20(24)21-16-10-8-14(2)9-11-16/h4-11,15H,3,12-13H2,1-2H3,(H,21,24). The molecule has 0 aromatic heterocycles. The fourth-order valence-electron chi connectivity index (χ4n) is 2.95. The van der Waals surface area contributed by atoms with E-state index in [-0.39, 0.29) is 24.2 Å². The molecule has 0 bridgehead atoms. The van der Waals surface area contributed by atoms with Gasteiger partial charge < -0.3 is 15.0 Å². The molecular weight excluding hydrogens is 316 g/mol. The van der Waals surface area contributed by atoms with Gasteiger partial charge in [-0.1, -0.05) is 29.8 Å². The molecule has 1 aliphatic rings. The Morgan fingerprint density at radius 2 is 1.92 bits per heavy atom. The van der Waals surface area contributed by atoms with Crippen molar-refractivity contribution in [3.63, 3.8) is 0 Å². The van der Waals surface area contributed by atoms with Crippen molar-refractivity contribution in [2.75, 3.05) is 23.4 Å². The molecule has 0 spiro atoms. The molecule has 0 radical (unpaired) electrons. The number of hydrogen-bond acceptors (Lipinski definition) is 3. The van der Waals surface area contributed by atoms with E-state index >= 15 is 0 Å². The molecule has 1 atom stereocenters. The number of rotatable bonds is 5. The molecule has 0 aliphatic carbocycles. The molecule has 25 heavy (non-hydrogen) atoms. The van der Waals surface area contributed by atoms with E-state index in [2.05, 4.69) is 5.32 Å². The van der Waals surface area contributed by atoms with Crippen LogP contribution in [-0.4, -0.2) is 25.0 Å². The largest absolute Gasteiger partial charge is 0.492 e. The summed E-state index contributed by atoms with van der Waals surface area (Å²) in [6.45, 7) is 4.78. The summed E-state index contributed by atoms with van der Waals surface area (Å²) in [6, 6.07) is 15.1. The number of ether oxygens (including phenoxy) is 1. The molecule has 1 aliphatic heterocycles. The Morgan fingerprint density at radius 1 is 1.20 bits per heavy atom. The van der Waals surface area contributed by atoms with Crippen molar-refractivity contribution in [2.24, 2.45) is 5.92 Å². The summed E-state index contributed by atoms with van der Waals surface area (Å²) in [4.78, 5) is 26.6. The van der Waals surface area contributed by atoms with E-state index in [0.29, 0.717) is 18.9 Å². The zero-order valence-electron chi connectivity index (χ0n) is 14.5. The monoisotopic (exact) mass is 338 g/mol. The van der Waals surface area contributed by atoms with Crippen molar-refractivity contribution in [3.05, 3.63) is 54.1 Å². The molecular formula is C20H22N2O3. The van der Waals surface area contributed by atoms with Crippen LogP contribution in [0.15, 0.2) is 48.5 Å². The van der Waals surface area contributed by atoms with Gasteiger partial charge in [0.05, 0.1) is 18.2 Å². The van der Waals surface area contributed by atoms with Crippen LogP contribution in [-0.2, 0) is 9.59 Å². The summed E-state index contributed by atoms with van der Waals surface area (Å²) < 4.78 is 5.61. The van der Waals surface area contributed by atoms with Crippen LogP contribution < -0.4 is 15.0 Å². The van der Waals surface area contributed by atoms with Crippen molar-refractivity contribution in [2.45, 2.75) is 20.3 Å². The van der Waals surface area contributed by atoms with E-state index < -0.39 is 0 Å². The third kappa shape index (κ3) is 3.82. The van der Waals surface area contributed by atoms with Gasteiger partial charge in [0.2, 0.25) is 11.8 Å². The fourth-order valence-corrected chi connectivity index (χ4v) is 2.95. The van der Waals surface area contributed by atoms with E-state index in [0.717, 1.165) is 16.9 Å². The molecule has 1 saturated heterocycles. The maximum atomic E-state index is 12.5. The predicted molar refractivity (Wildman–Crippen MR) is 97.9 cm³/mol.